The summed E-state index contributed by atoms with van der Waals surface area (Å²) < 4.78 is 37.4. The number of aryl methyl sites for hydroxylation is 1. The maximum absolute atomic E-state index is 12.3. The Labute approximate surface area is 154 Å². The van der Waals surface area contributed by atoms with Gasteiger partial charge in [-0.15, -0.1) is 0 Å². The molecule has 3 rings (SSSR count). The van der Waals surface area contributed by atoms with Gasteiger partial charge in [0.1, 0.15) is 28.9 Å². The van der Waals surface area contributed by atoms with Crippen LogP contribution in [0, 0.1) is 18.3 Å². The lowest BCUT2D eigenvalue weighted by Gasteiger charge is -2.09. The van der Waals surface area contributed by atoms with E-state index in [1.54, 1.807) is 25.1 Å². The van der Waals surface area contributed by atoms with Crippen LogP contribution in [0.15, 0.2) is 57.9 Å². The Morgan fingerprint density at radius 3 is 2.58 bits per heavy atom. The van der Waals surface area contributed by atoms with Crippen LogP contribution in [0.4, 0.5) is 5.82 Å². The third-order valence-electron chi connectivity index (χ3n) is 3.32. The Balaban J connectivity index is 1.81. The van der Waals surface area contributed by atoms with Gasteiger partial charge in [0, 0.05) is 6.07 Å². The number of nitrogens with zero attached hydrogens (tertiary/aromatic N) is 2. The number of nitrogens with one attached hydrogen (secondary N) is 1. The standard InChI is InChI=1S/C17H12ClN3O4S/c1-11-9-17(20-25-11)21-26(22,23)13-7-5-12(6-8-13)24-16-4-2-3-15(18)14(16)10-19/h2-9H,1H3,(H,20,21). The lowest BCUT2D eigenvalue weighted by molar-refractivity contribution is 0.400. The second-order valence-corrected chi connectivity index (χ2v) is 7.32. The molecule has 0 saturated heterocycles. The van der Waals surface area contributed by atoms with E-state index in [-0.39, 0.29) is 27.0 Å². The minimum atomic E-state index is -3.81. The normalized spacial score (nSPS) is 11.0. The largest absolute Gasteiger partial charge is 0.456 e. The van der Waals surface area contributed by atoms with Crippen LogP contribution in [-0.2, 0) is 10.0 Å². The van der Waals surface area contributed by atoms with Crippen molar-refractivity contribution < 1.29 is 17.7 Å². The Morgan fingerprint density at radius 2 is 1.96 bits per heavy atom. The number of rotatable bonds is 5. The zero-order valence-corrected chi connectivity index (χ0v) is 15.0. The zero-order chi connectivity index (χ0) is 18.7. The van der Waals surface area contributed by atoms with E-state index in [1.807, 2.05) is 6.07 Å². The highest BCUT2D eigenvalue weighted by atomic mass is 35.5. The van der Waals surface area contributed by atoms with Crippen molar-refractivity contribution in [2.24, 2.45) is 0 Å². The van der Waals surface area contributed by atoms with Gasteiger partial charge in [0.15, 0.2) is 5.82 Å². The van der Waals surface area contributed by atoms with Gasteiger partial charge in [-0.05, 0) is 43.3 Å². The number of ether oxygens (including phenoxy) is 1. The molecule has 0 aliphatic heterocycles. The quantitative estimate of drug-likeness (QED) is 0.704. The molecule has 0 fully saturated rings. The number of anilines is 1. The van der Waals surface area contributed by atoms with Gasteiger partial charge < -0.3 is 9.26 Å². The summed E-state index contributed by atoms with van der Waals surface area (Å²) in [6, 6.07) is 14.0. The molecule has 7 nitrogen and oxygen atoms in total. The summed E-state index contributed by atoms with van der Waals surface area (Å²) in [6.45, 7) is 1.66. The number of aromatic nitrogens is 1. The Kier molecular flexibility index (Phi) is 4.84. The smallest absolute Gasteiger partial charge is 0.263 e. The Morgan fingerprint density at radius 1 is 1.23 bits per heavy atom. The average molecular weight is 390 g/mol. The van der Waals surface area contributed by atoms with Crippen LogP contribution >= 0.6 is 11.6 Å². The summed E-state index contributed by atoms with van der Waals surface area (Å²) in [5.74, 6) is 1.23. The van der Waals surface area contributed by atoms with Gasteiger partial charge in [-0.3, -0.25) is 4.72 Å². The maximum atomic E-state index is 12.3. The molecule has 1 N–H and O–H groups in total. The fourth-order valence-corrected chi connectivity index (χ4v) is 3.31. The molecule has 0 spiro atoms. The van der Waals surface area contributed by atoms with Crippen molar-refractivity contribution in [2.75, 3.05) is 4.72 Å². The molecule has 0 aliphatic carbocycles. The molecule has 0 radical (unpaired) electrons. The SMILES string of the molecule is Cc1cc(NS(=O)(=O)c2ccc(Oc3cccc(Cl)c3C#N)cc2)no1. The molecule has 0 bridgehead atoms. The molecular formula is C17H12ClN3O4S. The summed E-state index contributed by atoms with van der Waals surface area (Å²) in [5, 5.41) is 13.0. The molecule has 26 heavy (non-hydrogen) atoms. The summed E-state index contributed by atoms with van der Waals surface area (Å²) in [6.07, 6.45) is 0. The van der Waals surface area contributed by atoms with Crippen molar-refractivity contribution in [3.63, 3.8) is 0 Å². The average Bonchev–Trinajstić information content (AvgIpc) is 3.00. The van der Waals surface area contributed by atoms with Crippen molar-refractivity contribution in [3.05, 3.63) is 64.9 Å². The number of sulfonamides is 1. The van der Waals surface area contributed by atoms with Crippen LogP contribution < -0.4 is 9.46 Å². The van der Waals surface area contributed by atoms with Crippen LogP contribution in [0.2, 0.25) is 5.02 Å². The highest BCUT2D eigenvalue weighted by Gasteiger charge is 2.16. The first kappa shape index (κ1) is 17.8. The summed E-state index contributed by atoms with van der Waals surface area (Å²) in [5.41, 5.74) is 0.203. The van der Waals surface area contributed by atoms with Crippen LogP contribution in [-0.4, -0.2) is 13.6 Å². The van der Waals surface area contributed by atoms with Gasteiger partial charge in [-0.2, -0.15) is 5.26 Å². The van der Waals surface area contributed by atoms with Gasteiger partial charge in [0.25, 0.3) is 10.0 Å². The van der Waals surface area contributed by atoms with E-state index in [9.17, 15) is 8.42 Å². The van der Waals surface area contributed by atoms with Gasteiger partial charge >= 0.3 is 0 Å². The van der Waals surface area contributed by atoms with Crippen molar-refractivity contribution in [2.45, 2.75) is 11.8 Å². The second kappa shape index (κ2) is 7.07. The highest BCUT2D eigenvalue weighted by molar-refractivity contribution is 7.92. The van der Waals surface area contributed by atoms with E-state index in [2.05, 4.69) is 9.88 Å². The number of hydrogen-bond acceptors (Lipinski definition) is 6. The fourth-order valence-electron chi connectivity index (χ4n) is 2.12. The molecule has 1 aromatic heterocycles. The van der Waals surface area contributed by atoms with E-state index >= 15 is 0 Å². The molecule has 9 heteroatoms. The monoisotopic (exact) mass is 389 g/mol. The molecule has 2 aromatic carbocycles. The first-order valence-electron chi connectivity index (χ1n) is 7.32. The fraction of sp³-hybridized carbons (Fsp3) is 0.0588. The predicted octanol–water partition coefficient (Wildman–Crippen LogP) is 4.10. The predicted molar refractivity (Wildman–Crippen MR) is 94.7 cm³/mol. The Hall–Kier alpha value is -3.02. The molecule has 0 atom stereocenters. The van der Waals surface area contributed by atoms with Crippen molar-refractivity contribution in [1.29, 1.82) is 5.26 Å². The van der Waals surface area contributed by atoms with E-state index in [1.165, 1.54) is 30.3 Å². The first-order valence-corrected chi connectivity index (χ1v) is 9.18. The van der Waals surface area contributed by atoms with E-state index in [0.717, 1.165) is 0 Å². The molecule has 132 valence electrons. The summed E-state index contributed by atoms with van der Waals surface area (Å²) >= 11 is 5.96. The topological polar surface area (TPSA) is 105 Å². The third-order valence-corrected chi connectivity index (χ3v) is 5.00. The number of hydrogen-bond donors (Lipinski definition) is 1. The molecule has 0 amide bonds. The van der Waals surface area contributed by atoms with Gasteiger partial charge in [-0.1, -0.05) is 22.8 Å². The maximum Gasteiger partial charge on any atom is 0.263 e. The number of benzene rings is 2. The summed E-state index contributed by atoms with van der Waals surface area (Å²) in [4.78, 5) is 0.0251. The second-order valence-electron chi connectivity index (χ2n) is 5.23. The van der Waals surface area contributed by atoms with E-state index in [0.29, 0.717) is 11.5 Å². The Bertz CT molecular complexity index is 1090. The van der Waals surface area contributed by atoms with Crippen LogP contribution in [0.5, 0.6) is 11.5 Å². The number of halogens is 1. The van der Waals surface area contributed by atoms with Crippen molar-refractivity contribution >= 4 is 27.4 Å². The molecule has 3 aromatic rings. The lowest BCUT2D eigenvalue weighted by atomic mass is 10.2. The van der Waals surface area contributed by atoms with Gasteiger partial charge in [-0.25, -0.2) is 8.42 Å². The lowest BCUT2D eigenvalue weighted by Crippen LogP contribution is -2.12. The van der Waals surface area contributed by atoms with Crippen LogP contribution in [0.3, 0.4) is 0 Å². The van der Waals surface area contributed by atoms with Crippen LogP contribution in [0.1, 0.15) is 11.3 Å². The van der Waals surface area contributed by atoms with Crippen molar-refractivity contribution in [3.8, 4) is 17.6 Å². The highest BCUT2D eigenvalue weighted by Crippen LogP contribution is 2.30. The van der Waals surface area contributed by atoms with Gasteiger partial charge in [0.05, 0.1) is 9.92 Å². The third kappa shape index (κ3) is 3.79. The van der Waals surface area contributed by atoms with Crippen molar-refractivity contribution in [1.82, 2.24) is 5.16 Å². The molecule has 0 unspecified atom stereocenters. The van der Waals surface area contributed by atoms with Crippen LogP contribution in [0.25, 0.3) is 0 Å². The van der Waals surface area contributed by atoms with E-state index < -0.39 is 10.0 Å². The number of nitriles is 1. The summed E-state index contributed by atoms with van der Waals surface area (Å²) in [7, 11) is -3.81. The molecule has 0 saturated carbocycles. The zero-order valence-electron chi connectivity index (χ0n) is 13.4. The molecular weight excluding hydrogens is 378 g/mol. The first-order chi connectivity index (χ1) is 12.4. The minimum Gasteiger partial charge on any atom is -0.456 e. The molecule has 1 heterocycles. The molecule has 0 aliphatic rings. The van der Waals surface area contributed by atoms with Gasteiger partial charge in [0.2, 0.25) is 0 Å². The minimum absolute atomic E-state index is 0.0251. The van der Waals surface area contributed by atoms with E-state index in [4.69, 9.17) is 26.1 Å².